The van der Waals surface area contributed by atoms with E-state index in [4.69, 9.17) is 28.4 Å². The minimum absolute atomic E-state index is 0.0198. The second kappa shape index (κ2) is 20.7. The Labute approximate surface area is 365 Å². The molecule has 3 saturated heterocycles. The molecule has 3 unspecified atom stereocenters. The van der Waals surface area contributed by atoms with Gasteiger partial charge in [0.2, 0.25) is 0 Å². The predicted octanol–water partition coefficient (Wildman–Crippen LogP) is 5.18. The number of ketones is 1. The number of methoxy groups -OCH3 is 1. The van der Waals surface area contributed by atoms with Gasteiger partial charge in [0.15, 0.2) is 17.7 Å². The van der Waals surface area contributed by atoms with Gasteiger partial charge in [-0.2, -0.15) is 0 Å². The maximum Gasteiger partial charge on any atom is 0.410 e. The minimum Gasteiger partial charge on any atom is -0.458 e. The number of aliphatic hydroxyl groups is 1. The lowest BCUT2D eigenvalue weighted by Gasteiger charge is -2.48. The molecule has 0 aromatic heterocycles. The zero-order valence-electron chi connectivity index (χ0n) is 38.8. The summed E-state index contributed by atoms with van der Waals surface area (Å²) in [6.45, 7) is 19.9. The third-order valence-electron chi connectivity index (χ3n) is 13.1. The smallest absolute Gasteiger partial charge is 0.410 e. The molecule has 2 N–H and O–H groups in total. The van der Waals surface area contributed by atoms with Gasteiger partial charge < -0.3 is 43.3 Å². The van der Waals surface area contributed by atoms with Crippen molar-refractivity contribution < 1.29 is 56.9 Å². The number of carbonyl (C=O) groups excluding carboxylic acids is 4. The Bertz CT molecular complexity index is 1690. The summed E-state index contributed by atoms with van der Waals surface area (Å²) in [4.78, 5) is 59.5. The second-order valence-electron chi connectivity index (χ2n) is 19.1. The van der Waals surface area contributed by atoms with Crippen LogP contribution in [-0.4, -0.2) is 135 Å². The number of hydrogen-bond acceptors (Lipinski definition) is 13. The lowest BCUT2D eigenvalue weighted by atomic mass is 9.77. The maximum atomic E-state index is 14.6. The van der Waals surface area contributed by atoms with Crippen LogP contribution in [-0.2, 0) is 60.4 Å². The standard InChI is InChI=1S/C45H73N3O12S/c1-15-35-45(11)32(21-36(49)60-45)30(6)48(42(53)56-25-31-19-17-16-18-20-31)24-26(2)23-44(10,55-14)39(27(3)37(50)28(4)40(52)58-35)59-41-38(51)33(47(12)13)22-34(57-41)29(5)46-61(54)43(7,8)9/h16-20,26-30,32-35,38-39,41,46,51H,15,21-25H2,1-14H3/t26-,27+,28?,29?,30-,32-,33?,34+,35-,38-,39-,41+,44-,45+,61+/m1/s1. The van der Waals surface area contributed by atoms with Crippen molar-refractivity contribution in [1.29, 1.82) is 0 Å². The topological polar surface area (TPSA) is 179 Å². The molecular weight excluding hydrogens is 807 g/mol. The van der Waals surface area contributed by atoms with E-state index in [1.807, 2.05) is 97.8 Å². The number of nitrogens with zero attached hydrogens (tertiary/aromatic N) is 2. The van der Waals surface area contributed by atoms with E-state index >= 15 is 0 Å². The predicted molar refractivity (Wildman–Crippen MR) is 230 cm³/mol. The summed E-state index contributed by atoms with van der Waals surface area (Å²) in [6.07, 6.45) is -4.77. The number of benzene rings is 1. The zero-order chi connectivity index (χ0) is 45.8. The van der Waals surface area contributed by atoms with Crippen molar-refractivity contribution in [3.63, 3.8) is 0 Å². The van der Waals surface area contributed by atoms with E-state index < -0.39 is 117 Å². The van der Waals surface area contributed by atoms with Crippen LogP contribution in [0.2, 0.25) is 0 Å². The number of amides is 1. The van der Waals surface area contributed by atoms with Gasteiger partial charge in [-0.1, -0.05) is 51.1 Å². The summed E-state index contributed by atoms with van der Waals surface area (Å²) in [5, 5.41) is 11.9. The van der Waals surface area contributed by atoms with Gasteiger partial charge in [0.1, 0.15) is 24.7 Å². The van der Waals surface area contributed by atoms with Crippen LogP contribution in [0.4, 0.5) is 4.79 Å². The molecule has 4 rings (SSSR count). The summed E-state index contributed by atoms with van der Waals surface area (Å²) in [5.41, 5.74) is -1.80. The van der Waals surface area contributed by atoms with Gasteiger partial charge >= 0.3 is 18.0 Å². The highest BCUT2D eigenvalue weighted by Crippen LogP contribution is 2.43. The fourth-order valence-corrected chi connectivity index (χ4v) is 10.1. The second-order valence-corrected chi connectivity index (χ2v) is 21.1. The SMILES string of the molecule is CC[C@H]1OC(=O)C(C)C(=O)[C@H](C)[C@@H](O[C@@H]2O[C@H](C(C)N[S@@](=O)C(C)(C)C)CC(N(C)C)[C@H]2O)[C@](C)(OC)C[C@@H](C)CN(C(=O)OCc2ccccc2)[C@H](C)[C@H]2CC(=O)O[C@@]21C. The Morgan fingerprint density at radius 2 is 1.74 bits per heavy atom. The molecule has 61 heavy (non-hydrogen) atoms. The first-order chi connectivity index (χ1) is 28.4. The first-order valence-corrected chi connectivity index (χ1v) is 22.8. The number of ether oxygens (including phenoxy) is 6. The van der Waals surface area contributed by atoms with Crippen LogP contribution in [0.15, 0.2) is 30.3 Å². The highest BCUT2D eigenvalue weighted by atomic mass is 32.2. The Balaban J connectivity index is 1.79. The summed E-state index contributed by atoms with van der Waals surface area (Å²) in [6, 6.07) is 7.83. The van der Waals surface area contributed by atoms with Crippen molar-refractivity contribution in [2.24, 2.45) is 23.7 Å². The van der Waals surface area contributed by atoms with Gasteiger partial charge in [0, 0.05) is 43.6 Å². The molecule has 3 heterocycles. The Hall–Kier alpha value is -2.99. The van der Waals surface area contributed by atoms with E-state index in [0.717, 1.165) is 5.56 Å². The van der Waals surface area contributed by atoms with Crippen LogP contribution in [0.25, 0.3) is 0 Å². The molecule has 0 bridgehead atoms. The molecule has 0 spiro atoms. The van der Waals surface area contributed by atoms with Crippen molar-refractivity contribution in [3.05, 3.63) is 35.9 Å². The van der Waals surface area contributed by atoms with Crippen molar-refractivity contribution in [2.45, 2.75) is 173 Å². The molecule has 346 valence electrons. The number of nitrogens with one attached hydrogen (secondary N) is 1. The number of fused-ring (bicyclic) bond motifs is 1. The zero-order valence-corrected chi connectivity index (χ0v) is 39.6. The van der Waals surface area contributed by atoms with Crippen molar-refractivity contribution in [1.82, 2.24) is 14.5 Å². The number of rotatable bonds is 10. The number of esters is 2. The molecular formula is C45H73N3O12S. The van der Waals surface area contributed by atoms with Crippen LogP contribution in [0.3, 0.4) is 0 Å². The van der Waals surface area contributed by atoms with Gasteiger partial charge in [0.25, 0.3) is 0 Å². The van der Waals surface area contributed by atoms with Crippen LogP contribution >= 0.6 is 0 Å². The monoisotopic (exact) mass is 879 g/mol. The number of carbonyl (C=O) groups is 4. The molecule has 15 atom stereocenters. The van der Waals surface area contributed by atoms with Crippen LogP contribution < -0.4 is 4.72 Å². The molecule has 3 aliphatic rings. The average molecular weight is 880 g/mol. The van der Waals surface area contributed by atoms with Gasteiger partial charge in [-0.15, -0.1) is 0 Å². The normalized spacial score (nSPS) is 36.9. The molecule has 1 amide bonds. The summed E-state index contributed by atoms with van der Waals surface area (Å²) >= 11 is 0. The van der Waals surface area contributed by atoms with Gasteiger partial charge in [0.05, 0.1) is 40.0 Å². The van der Waals surface area contributed by atoms with E-state index in [1.165, 1.54) is 14.0 Å². The number of cyclic esters (lactones) is 1. The number of likely N-dealkylation sites (N-methyl/N-ethyl adjacent to an activating group) is 1. The molecule has 3 aliphatic heterocycles. The molecule has 15 nitrogen and oxygen atoms in total. The van der Waals surface area contributed by atoms with Crippen LogP contribution in [0.5, 0.6) is 0 Å². The molecule has 0 radical (unpaired) electrons. The van der Waals surface area contributed by atoms with Crippen molar-refractivity contribution in [3.8, 4) is 0 Å². The third-order valence-corrected chi connectivity index (χ3v) is 14.8. The molecule has 0 aliphatic carbocycles. The molecule has 3 fully saturated rings. The quantitative estimate of drug-likeness (QED) is 0.179. The Morgan fingerprint density at radius 1 is 1.10 bits per heavy atom. The van der Waals surface area contributed by atoms with Crippen LogP contribution in [0, 0.1) is 23.7 Å². The van der Waals surface area contributed by atoms with Crippen molar-refractivity contribution in [2.75, 3.05) is 27.7 Å². The molecule has 0 saturated carbocycles. The highest BCUT2D eigenvalue weighted by Gasteiger charge is 2.57. The maximum absolute atomic E-state index is 14.6. The highest BCUT2D eigenvalue weighted by molar-refractivity contribution is 7.84. The summed E-state index contributed by atoms with van der Waals surface area (Å²) in [7, 11) is 3.79. The summed E-state index contributed by atoms with van der Waals surface area (Å²) < 4.78 is 53.5. The first kappa shape index (κ1) is 50.7. The fourth-order valence-electron chi connectivity index (χ4n) is 9.22. The number of aliphatic hydroxyl groups excluding tert-OH is 1. The number of Topliss-reactive ketones (excluding diaryl/α,β-unsaturated/α-hetero) is 1. The van der Waals surface area contributed by atoms with E-state index in [2.05, 4.69) is 4.72 Å². The third kappa shape index (κ3) is 11.8. The van der Waals surface area contributed by atoms with Crippen molar-refractivity contribution >= 4 is 34.8 Å². The van der Waals surface area contributed by atoms with E-state index in [1.54, 1.807) is 25.7 Å². The molecule has 1 aromatic rings. The van der Waals surface area contributed by atoms with E-state index in [9.17, 15) is 28.5 Å². The molecule has 1 aromatic carbocycles. The van der Waals surface area contributed by atoms with E-state index in [-0.39, 0.29) is 38.3 Å². The number of hydrogen-bond donors (Lipinski definition) is 2. The van der Waals surface area contributed by atoms with Gasteiger partial charge in [-0.05, 0) is 100 Å². The first-order valence-electron chi connectivity index (χ1n) is 21.7. The Kier molecular flexibility index (Phi) is 17.2. The largest absolute Gasteiger partial charge is 0.458 e. The van der Waals surface area contributed by atoms with Crippen LogP contribution in [0.1, 0.15) is 107 Å². The lowest BCUT2D eigenvalue weighted by molar-refractivity contribution is -0.299. The molecule has 16 heteroatoms. The fraction of sp³-hybridized carbons (Fsp3) is 0.778. The minimum atomic E-state index is -1.41. The van der Waals surface area contributed by atoms with Gasteiger partial charge in [-0.3, -0.25) is 14.4 Å². The lowest BCUT2D eigenvalue weighted by Crippen LogP contribution is -2.61. The van der Waals surface area contributed by atoms with Gasteiger partial charge in [-0.25, -0.2) is 13.7 Å². The van der Waals surface area contributed by atoms with E-state index in [0.29, 0.717) is 6.42 Å². The summed E-state index contributed by atoms with van der Waals surface area (Å²) in [5.74, 6) is -4.97. The average Bonchev–Trinajstić information content (AvgIpc) is 3.52. The Morgan fingerprint density at radius 3 is 2.31 bits per heavy atom.